The molecule has 0 aliphatic carbocycles. The lowest BCUT2D eigenvalue weighted by molar-refractivity contribution is -0.141. The molecular formula is C11H13F3N2O2S. The Morgan fingerprint density at radius 2 is 2.05 bits per heavy atom. The SMILES string of the molecule is O=S1(=O)CCCC(Nc2ccc(C(F)(F)F)nc2)C1. The van der Waals surface area contributed by atoms with Crippen molar-refractivity contribution in [3.8, 4) is 0 Å². The van der Waals surface area contributed by atoms with Crippen LogP contribution in [0.4, 0.5) is 18.9 Å². The minimum absolute atomic E-state index is 0.00796. The van der Waals surface area contributed by atoms with Crippen molar-refractivity contribution in [1.29, 1.82) is 0 Å². The Bertz CT molecular complexity index is 540. The van der Waals surface area contributed by atoms with Crippen LogP contribution in [0.5, 0.6) is 0 Å². The minimum Gasteiger partial charge on any atom is -0.380 e. The number of alkyl halides is 3. The van der Waals surface area contributed by atoms with E-state index in [2.05, 4.69) is 10.3 Å². The molecule has 0 spiro atoms. The van der Waals surface area contributed by atoms with Crippen LogP contribution in [0.25, 0.3) is 0 Å². The lowest BCUT2D eigenvalue weighted by Gasteiger charge is -2.23. The summed E-state index contributed by atoms with van der Waals surface area (Å²) in [5, 5.41) is 2.91. The van der Waals surface area contributed by atoms with Gasteiger partial charge < -0.3 is 5.32 Å². The molecule has 2 rings (SSSR count). The van der Waals surface area contributed by atoms with Gasteiger partial charge in [-0.05, 0) is 25.0 Å². The Morgan fingerprint density at radius 1 is 1.32 bits per heavy atom. The molecule has 1 aliphatic heterocycles. The molecule has 106 valence electrons. The average Bonchev–Trinajstić information content (AvgIpc) is 2.27. The minimum atomic E-state index is -4.47. The topological polar surface area (TPSA) is 59.1 Å². The fourth-order valence-electron chi connectivity index (χ4n) is 2.02. The number of hydrogen-bond acceptors (Lipinski definition) is 4. The van der Waals surface area contributed by atoms with E-state index >= 15 is 0 Å². The van der Waals surface area contributed by atoms with Crippen LogP contribution in [0.2, 0.25) is 0 Å². The summed E-state index contributed by atoms with van der Waals surface area (Å²) in [5.41, 5.74) is -0.565. The van der Waals surface area contributed by atoms with E-state index in [-0.39, 0.29) is 17.5 Å². The smallest absolute Gasteiger partial charge is 0.380 e. The number of sulfone groups is 1. The summed E-state index contributed by atoms with van der Waals surface area (Å²) in [4.78, 5) is 3.31. The zero-order chi connectivity index (χ0) is 14.1. The van der Waals surface area contributed by atoms with E-state index in [0.717, 1.165) is 12.3 Å². The quantitative estimate of drug-likeness (QED) is 0.907. The molecule has 1 fully saturated rings. The summed E-state index contributed by atoms with van der Waals surface area (Å²) in [6.45, 7) is 0. The fourth-order valence-corrected chi connectivity index (χ4v) is 3.66. The van der Waals surface area contributed by atoms with E-state index in [1.165, 1.54) is 6.07 Å². The van der Waals surface area contributed by atoms with E-state index in [1.807, 2.05) is 0 Å². The van der Waals surface area contributed by atoms with Crippen LogP contribution in [0.15, 0.2) is 18.3 Å². The standard InChI is InChI=1S/C11H13F3N2O2S/c12-11(13,14)10-4-3-8(6-15-10)16-9-2-1-5-19(17,18)7-9/h3-4,6,9,16H,1-2,5,7H2. The molecule has 1 aromatic rings. The summed E-state index contributed by atoms with van der Waals surface area (Å²) in [6, 6.07) is 1.87. The number of pyridine rings is 1. The highest BCUT2D eigenvalue weighted by atomic mass is 32.2. The van der Waals surface area contributed by atoms with Crippen LogP contribution in [-0.4, -0.2) is 30.9 Å². The van der Waals surface area contributed by atoms with Crippen LogP contribution < -0.4 is 5.32 Å². The maximum absolute atomic E-state index is 12.3. The predicted molar refractivity (Wildman–Crippen MR) is 64.5 cm³/mol. The zero-order valence-corrected chi connectivity index (χ0v) is 10.8. The second-order valence-electron chi connectivity index (χ2n) is 4.53. The summed E-state index contributed by atoms with van der Waals surface area (Å²) in [6.07, 6.45) is -2.15. The van der Waals surface area contributed by atoms with Gasteiger partial charge in [0.1, 0.15) is 5.69 Å². The van der Waals surface area contributed by atoms with Crippen molar-refractivity contribution in [2.75, 3.05) is 16.8 Å². The van der Waals surface area contributed by atoms with Crippen LogP contribution >= 0.6 is 0 Å². The lowest BCUT2D eigenvalue weighted by Crippen LogP contribution is -2.34. The molecule has 19 heavy (non-hydrogen) atoms. The molecule has 1 aromatic heterocycles. The Labute approximate surface area is 109 Å². The third kappa shape index (κ3) is 3.82. The largest absolute Gasteiger partial charge is 0.433 e. The second kappa shape index (κ2) is 4.99. The fraction of sp³-hybridized carbons (Fsp3) is 0.545. The molecule has 0 radical (unpaired) electrons. The molecule has 4 nitrogen and oxygen atoms in total. The second-order valence-corrected chi connectivity index (χ2v) is 6.76. The normalized spacial score (nSPS) is 23.0. The highest BCUT2D eigenvalue weighted by Gasteiger charge is 2.32. The number of nitrogens with one attached hydrogen (secondary N) is 1. The van der Waals surface area contributed by atoms with Crippen molar-refractivity contribution in [3.63, 3.8) is 0 Å². The van der Waals surface area contributed by atoms with Crippen LogP contribution in [-0.2, 0) is 16.0 Å². The molecule has 0 saturated carbocycles. The Kier molecular flexibility index (Phi) is 3.71. The number of nitrogens with zero attached hydrogens (tertiary/aromatic N) is 1. The highest BCUT2D eigenvalue weighted by Crippen LogP contribution is 2.28. The van der Waals surface area contributed by atoms with Crippen molar-refractivity contribution in [2.45, 2.75) is 25.1 Å². The molecule has 8 heteroatoms. The lowest BCUT2D eigenvalue weighted by atomic mass is 10.2. The first-order valence-corrected chi connectivity index (χ1v) is 7.59. The van der Waals surface area contributed by atoms with Crippen LogP contribution in [0.1, 0.15) is 18.5 Å². The van der Waals surface area contributed by atoms with Gasteiger partial charge in [-0.25, -0.2) is 13.4 Å². The zero-order valence-electron chi connectivity index (χ0n) is 9.94. The van der Waals surface area contributed by atoms with Gasteiger partial charge >= 0.3 is 6.18 Å². The third-order valence-electron chi connectivity index (χ3n) is 2.89. The molecule has 0 bridgehead atoms. The van der Waals surface area contributed by atoms with Gasteiger partial charge in [-0.2, -0.15) is 13.2 Å². The number of rotatable bonds is 2. The highest BCUT2D eigenvalue weighted by molar-refractivity contribution is 7.91. The Morgan fingerprint density at radius 3 is 2.58 bits per heavy atom. The van der Waals surface area contributed by atoms with E-state index in [9.17, 15) is 21.6 Å². The van der Waals surface area contributed by atoms with Gasteiger partial charge in [0.2, 0.25) is 0 Å². The van der Waals surface area contributed by atoms with E-state index in [1.54, 1.807) is 0 Å². The molecule has 0 aromatic carbocycles. The molecule has 0 amide bonds. The van der Waals surface area contributed by atoms with E-state index in [4.69, 9.17) is 0 Å². The number of aromatic nitrogens is 1. The van der Waals surface area contributed by atoms with Crippen LogP contribution in [0.3, 0.4) is 0 Å². The average molecular weight is 294 g/mol. The van der Waals surface area contributed by atoms with E-state index in [0.29, 0.717) is 18.5 Å². The van der Waals surface area contributed by atoms with Crippen molar-refractivity contribution < 1.29 is 21.6 Å². The van der Waals surface area contributed by atoms with Crippen LogP contribution in [0, 0.1) is 0 Å². The third-order valence-corrected chi connectivity index (χ3v) is 4.71. The van der Waals surface area contributed by atoms with Gasteiger partial charge in [-0.15, -0.1) is 0 Å². The molecule has 1 N–H and O–H groups in total. The summed E-state index contributed by atoms with van der Waals surface area (Å²) >= 11 is 0. The molecule has 2 heterocycles. The predicted octanol–water partition coefficient (Wildman–Crippen LogP) is 2.09. The number of hydrogen-bond donors (Lipinski definition) is 1. The van der Waals surface area contributed by atoms with Gasteiger partial charge in [-0.3, -0.25) is 0 Å². The first-order chi connectivity index (χ1) is 8.76. The van der Waals surface area contributed by atoms with E-state index < -0.39 is 21.7 Å². The molecular weight excluding hydrogens is 281 g/mol. The monoisotopic (exact) mass is 294 g/mol. The first kappa shape index (κ1) is 14.1. The van der Waals surface area contributed by atoms with Crippen molar-refractivity contribution in [3.05, 3.63) is 24.0 Å². The molecule has 1 unspecified atom stereocenters. The molecule has 1 atom stereocenters. The molecule has 1 saturated heterocycles. The summed E-state index contributed by atoms with van der Waals surface area (Å²) in [5.74, 6) is 0.185. The first-order valence-electron chi connectivity index (χ1n) is 5.76. The van der Waals surface area contributed by atoms with Crippen molar-refractivity contribution >= 4 is 15.5 Å². The summed E-state index contributed by atoms with van der Waals surface area (Å²) < 4.78 is 59.8. The van der Waals surface area contributed by atoms with Gasteiger partial charge in [0.05, 0.1) is 23.4 Å². The van der Waals surface area contributed by atoms with Crippen molar-refractivity contribution in [1.82, 2.24) is 4.98 Å². The summed E-state index contributed by atoms with van der Waals surface area (Å²) in [7, 11) is -3.05. The maximum atomic E-state index is 12.3. The number of anilines is 1. The van der Waals surface area contributed by atoms with Gasteiger partial charge in [0.25, 0.3) is 0 Å². The Balaban J connectivity index is 2.04. The maximum Gasteiger partial charge on any atom is 0.433 e. The van der Waals surface area contributed by atoms with Gasteiger partial charge in [0, 0.05) is 6.04 Å². The molecule has 1 aliphatic rings. The Hall–Kier alpha value is -1.31. The van der Waals surface area contributed by atoms with Gasteiger partial charge in [0.15, 0.2) is 9.84 Å². The van der Waals surface area contributed by atoms with Crippen molar-refractivity contribution in [2.24, 2.45) is 0 Å². The van der Waals surface area contributed by atoms with Gasteiger partial charge in [-0.1, -0.05) is 0 Å². The number of halogens is 3.